The largest absolute Gasteiger partial charge is 0.467 e. The van der Waals surface area contributed by atoms with Gasteiger partial charge in [0.05, 0.1) is 22.7 Å². The Labute approximate surface area is 170 Å². The molecule has 7 heteroatoms. The summed E-state index contributed by atoms with van der Waals surface area (Å²) in [5.41, 5.74) is 1.23. The number of esters is 1. The summed E-state index contributed by atoms with van der Waals surface area (Å²) in [6.07, 6.45) is 5.35. The van der Waals surface area contributed by atoms with Crippen LogP contribution in [-0.2, 0) is 9.53 Å². The minimum absolute atomic E-state index is 0.339. The van der Waals surface area contributed by atoms with Crippen LogP contribution in [0.2, 0.25) is 0 Å². The molecule has 0 amide bonds. The average molecular weight is 415 g/mol. The van der Waals surface area contributed by atoms with Gasteiger partial charge in [-0.2, -0.15) is 0 Å². The summed E-state index contributed by atoms with van der Waals surface area (Å²) in [6.45, 7) is 0. The number of halogens is 2. The van der Waals surface area contributed by atoms with Gasteiger partial charge in [-0.3, -0.25) is 0 Å². The summed E-state index contributed by atoms with van der Waals surface area (Å²) >= 11 is 7.90. The van der Waals surface area contributed by atoms with Crippen LogP contribution < -0.4 is 5.32 Å². The van der Waals surface area contributed by atoms with Crippen molar-refractivity contribution >= 4 is 49.8 Å². The van der Waals surface area contributed by atoms with E-state index in [1.807, 2.05) is 42.5 Å². The minimum Gasteiger partial charge on any atom is -0.467 e. The number of thiazole rings is 1. The zero-order chi connectivity index (χ0) is 19.7. The first kappa shape index (κ1) is 18.7. The molecule has 1 N–H and O–H groups in total. The van der Waals surface area contributed by atoms with Crippen LogP contribution >= 0.6 is 22.9 Å². The molecule has 0 saturated heterocycles. The zero-order valence-electron chi connectivity index (χ0n) is 14.9. The second-order valence-corrected chi connectivity index (χ2v) is 7.84. The summed E-state index contributed by atoms with van der Waals surface area (Å²) in [5, 5.41) is 2.86. The van der Waals surface area contributed by atoms with Crippen molar-refractivity contribution in [1.29, 1.82) is 0 Å². The Morgan fingerprint density at radius 1 is 1.29 bits per heavy atom. The van der Waals surface area contributed by atoms with Crippen molar-refractivity contribution in [2.24, 2.45) is 0 Å². The number of hydrogen-bond donors (Lipinski definition) is 1. The molecule has 1 aliphatic carbocycles. The van der Waals surface area contributed by atoms with E-state index in [0.717, 1.165) is 11.1 Å². The second kappa shape index (κ2) is 7.37. The van der Waals surface area contributed by atoms with Crippen molar-refractivity contribution in [3.63, 3.8) is 0 Å². The number of anilines is 1. The Hall–Kier alpha value is -2.70. The topological polar surface area (TPSA) is 51.2 Å². The van der Waals surface area contributed by atoms with E-state index in [2.05, 4.69) is 10.3 Å². The first-order valence-electron chi connectivity index (χ1n) is 8.55. The van der Waals surface area contributed by atoms with E-state index in [4.69, 9.17) is 16.3 Å². The number of carbonyl (C=O) groups excluding carboxylic acids is 1. The molecule has 28 heavy (non-hydrogen) atoms. The van der Waals surface area contributed by atoms with Gasteiger partial charge in [0, 0.05) is 0 Å². The molecule has 1 aliphatic rings. The number of nitrogens with zero attached hydrogens (tertiary/aromatic N) is 1. The molecule has 0 radical (unpaired) electrons. The number of fused-ring (bicyclic) bond motifs is 1. The number of benzene rings is 2. The Morgan fingerprint density at radius 3 is 2.79 bits per heavy atom. The lowest BCUT2D eigenvalue weighted by Crippen LogP contribution is -2.53. The second-order valence-electron chi connectivity index (χ2n) is 6.34. The monoisotopic (exact) mass is 414 g/mol. The molecule has 2 aromatic carbocycles. The first-order chi connectivity index (χ1) is 13.5. The normalized spacial score (nSPS) is 21.4. The number of methoxy groups -OCH3 is 1. The summed E-state index contributed by atoms with van der Waals surface area (Å²) in [6, 6.07) is 14.1. The third-order valence-electron chi connectivity index (χ3n) is 4.58. The highest BCUT2D eigenvalue weighted by atomic mass is 35.5. The highest BCUT2D eigenvalue weighted by Gasteiger charge is 2.45. The van der Waals surface area contributed by atoms with E-state index in [0.29, 0.717) is 15.3 Å². The molecule has 4 rings (SSSR count). The smallest absolute Gasteiger partial charge is 0.337 e. The molecule has 142 valence electrons. The third kappa shape index (κ3) is 3.30. The lowest BCUT2D eigenvalue weighted by molar-refractivity contribution is -0.144. The molecular weight excluding hydrogens is 399 g/mol. The van der Waals surface area contributed by atoms with Gasteiger partial charge in [0.1, 0.15) is 5.82 Å². The van der Waals surface area contributed by atoms with E-state index >= 15 is 0 Å². The van der Waals surface area contributed by atoms with Gasteiger partial charge in [-0.15, -0.1) is 11.6 Å². The highest BCUT2D eigenvalue weighted by molar-refractivity contribution is 7.22. The predicted octanol–water partition coefficient (Wildman–Crippen LogP) is 5.02. The summed E-state index contributed by atoms with van der Waals surface area (Å²) in [4.78, 5) is 17.1. The molecule has 0 aliphatic heterocycles. The Morgan fingerprint density at radius 2 is 2.07 bits per heavy atom. The maximum absolute atomic E-state index is 13.5. The molecular formula is C21H16ClFN2O2S. The fourth-order valence-electron chi connectivity index (χ4n) is 3.12. The predicted molar refractivity (Wildman–Crippen MR) is 111 cm³/mol. The van der Waals surface area contributed by atoms with Crippen LogP contribution in [0.3, 0.4) is 0 Å². The van der Waals surface area contributed by atoms with Gasteiger partial charge < -0.3 is 10.1 Å². The summed E-state index contributed by atoms with van der Waals surface area (Å²) in [7, 11) is 1.31. The van der Waals surface area contributed by atoms with Gasteiger partial charge in [-0.05, 0) is 35.4 Å². The quantitative estimate of drug-likeness (QED) is 0.481. The van der Waals surface area contributed by atoms with Crippen LogP contribution in [0.5, 0.6) is 0 Å². The molecule has 1 aromatic heterocycles. The molecule has 0 spiro atoms. The minimum atomic E-state index is -1.32. The van der Waals surface area contributed by atoms with Crippen molar-refractivity contribution in [1.82, 2.24) is 4.98 Å². The Bertz CT molecular complexity index is 1100. The third-order valence-corrected chi connectivity index (χ3v) is 5.98. The van der Waals surface area contributed by atoms with Gasteiger partial charge in [-0.1, -0.05) is 53.8 Å². The Balaban J connectivity index is 1.70. The SMILES string of the molecule is COC(=O)C1(Nc2nc3ccc(F)cc3s2)C=CC(c2ccccc2)=CC1Cl. The van der Waals surface area contributed by atoms with E-state index in [1.54, 1.807) is 12.1 Å². The van der Waals surface area contributed by atoms with Crippen LogP contribution in [0.4, 0.5) is 9.52 Å². The van der Waals surface area contributed by atoms with E-state index in [9.17, 15) is 9.18 Å². The van der Waals surface area contributed by atoms with Crippen molar-refractivity contribution in [3.05, 3.63) is 78.1 Å². The zero-order valence-corrected chi connectivity index (χ0v) is 16.4. The standard InChI is InChI=1S/C21H16ClFN2O2S/c1-27-19(26)21(25-20-24-16-8-7-15(23)12-17(16)28-20)10-9-14(11-18(21)22)13-5-3-2-4-6-13/h2-12,18H,1H3,(H,24,25). The number of rotatable bonds is 4. The number of aromatic nitrogens is 1. The molecule has 2 atom stereocenters. The highest BCUT2D eigenvalue weighted by Crippen LogP contribution is 2.36. The fourth-order valence-corrected chi connectivity index (χ4v) is 4.43. The van der Waals surface area contributed by atoms with Crippen molar-refractivity contribution in [2.75, 3.05) is 12.4 Å². The van der Waals surface area contributed by atoms with Gasteiger partial charge in [0.15, 0.2) is 10.7 Å². The van der Waals surface area contributed by atoms with Gasteiger partial charge in [0.25, 0.3) is 0 Å². The van der Waals surface area contributed by atoms with E-state index in [-0.39, 0.29) is 5.82 Å². The van der Waals surface area contributed by atoms with Crippen molar-refractivity contribution in [2.45, 2.75) is 10.9 Å². The van der Waals surface area contributed by atoms with E-state index < -0.39 is 16.9 Å². The Kier molecular flexibility index (Phi) is 4.91. The molecule has 0 saturated carbocycles. The average Bonchev–Trinajstić information content (AvgIpc) is 3.10. The fraction of sp³-hybridized carbons (Fsp3) is 0.143. The van der Waals surface area contributed by atoms with Gasteiger partial charge in [0.2, 0.25) is 0 Å². The molecule has 3 aromatic rings. The molecule has 1 heterocycles. The van der Waals surface area contributed by atoms with E-state index in [1.165, 1.54) is 30.6 Å². The molecule has 4 nitrogen and oxygen atoms in total. The maximum Gasteiger partial charge on any atom is 0.337 e. The molecule has 0 fully saturated rings. The van der Waals surface area contributed by atoms with Crippen LogP contribution in [0.25, 0.3) is 15.8 Å². The van der Waals surface area contributed by atoms with Crippen LogP contribution in [-0.4, -0.2) is 29.0 Å². The number of carbonyl (C=O) groups is 1. The number of alkyl halides is 1. The number of ether oxygens (including phenoxy) is 1. The van der Waals surface area contributed by atoms with Crippen LogP contribution in [0, 0.1) is 5.82 Å². The van der Waals surface area contributed by atoms with Crippen LogP contribution in [0.15, 0.2) is 66.8 Å². The van der Waals surface area contributed by atoms with Gasteiger partial charge >= 0.3 is 5.97 Å². The number of nitrogens with one attached hydrogen (secondary N) is 1. The molecule has 0 bridgehead atoms. The summed E-state index contributed by atoms with van der Waals surface area (Å²) in [5.74, 6) is -0.869. The lowest BCUT2D eigenvalue weighted by Gasteiger charge is -2.34. The van der Waals surface area contributed by atoms with Crippen molar-refractivity contribution < 1.29 is 13.9 Å². The number of hydrogen-bond acceptors (Lipinski definition) is 5. The first-order valence-corrected chi connectivity index (χ1v) is 9.80. The molecule has 2 unspecified atom stereocenters. The van der Waals surface area contributed by atoms with Crippen molar-refractivity contribution in [3.8, 4) is 0 Å². The van der Waals surface area contributed by atoms with Gasteiger partial charge in [-0.25, -0.2) is 14.2 Å². The maximum atomic E-state index is 13.5. The summed E-state index contributed by atoms with van der Waals surface area (Å²) < 4.78 is 19.2. The number of allylic oxidation sites excluding steroid dienone is 2. The lowest BCUT2D eigenvalue weighted by atomic mass is 9.86. The van der Waals surface area contributed by atoms with Crippen LogP contribution in [0.1, 0.15) is 5.56 Å².